The van der Waals surface area contributed by atoms with Gasteiger partial charge in [-0.2, -0.15) is 13.2 Å². The normalized spacial score (nSPS) is 11.2. The Kier molecular flexibility index (Phi) is 8.37. The van der Waals surface area contributed by atoms with Crippen molar-refractivity contribution < 1.29 is 41.4 Å². The lowest BCUT2D eigenvalue weighted by Crippen LogP contribution is -2.36. The van der Waals surface area contributed by atoms with E-state index in [1.54, 1.807) is 18.2 Å². The van der Waals surface area contributed by atoms with Gasteiger partial charge in [0.1, 0.15) is 11.3 Å². The van der Waals surface area contributed by atoms with E-state index in [2.05, 4.69) is 15.6 Å². The molecular weight excluding hydrogens is 534 g/mol. The number of methoxy groups -OCH3 is 2. The molecule has 1 aromatic heterocycles. The molecular formula is C28H23F4N3O5. The van der Waals surface area contributed by atoms with Gasteiger partial charge in [-0.05, 0) is 48.4 Å². The molecule has 8 nitrogen and oxygen atoms in total. The molecule has 4 rings (SSSR count). The number of anilines is 1. The van der Waals surface area contributed by atoms with Gasteiger partial charge in [-0.15, -0.1) is 0 Å². The minimum absolute atomic E-state index is 0.00568. The van der Waals surface area contributed by atoms with Gasteiger partial charge in [0.25, 0.3) is 0 Å². The van der Waals surface area contributed by atoms with Crippen molar-refractivity contribution in [1.82, 2.24) is 10.3 Å². The number of hydrogen-bond donors (Lipinski definition) is 2. The monoisotopic (exact) mass is 557 g/mol. The van der Waals surface area contributed by atoms with Crippen molar-refractivity contribution >= 4 is 28.4 Å². The van der Waals surface area contributed by atoms with E-state index in [1.807, 2.05) is 0 Å². The van der Waals surface area contributed by atoms with E-state index in [0.717, 1.165) is 18.2 Å². The van der Waals surface area contributed by atoms with E-state index in [-0.39, 0.29) is 24.4 Å². The number of carbonyl (C=O) groups is 2. The van der Waals surface area contributed by atoms with E-state index in [0.29, 0.717) is 33.7 Å². The van der Waals surface area contributed by atoms with Gasteiger partial charge in [0.15, 0.2) is 23.1 Å². The maximum Gasteiger partial charge on any atom is 0.416 e. The van der Waals surface area contributed by atoms with Gasteiger partial charge in [-0.3, -0.25) is 14.6 Å². The Morgan fingerprint density at radius 1 is 0.900 bits per heavy atom. The van der Waals surface area contributed by atoms with Gasteiger partial charge in [0, 0.05) is 29.9 Å². The van der Waals surface area contributed by atoms with Crippen LogP contribution in [-0.2, 0) is 22.2 Å². The Morgan fingerprint density at radius 2 is 1.68 bits per heavy atom. The number of hydrogen-bond acceptors (Lipinski definition) is 6. The van der Waals surface area contributed by atoms with Crippen molar-refractivity contribution in [3.8, 4) is 23.0 Å². The number of nitrogens with one attached hydrogen (secondary N) is 2. The van der Waals surface area contributed by atoms with E-state index in [1.165, 1.54) is 44.7 Å². The largest absolute Gasteiger partial charge is 0.493 e. The topological polar surface area (TPSA) is 98.8 Å². The van der Waals surface area contributed by atoms with Gasteiger partial charge >= 0.3 is 18.0 Å². The summed E-state index contributed by atoms with van der Waals surface area (Å²) in [7, 11) is 2.96. The molecule has 208 valence electrons. The molecule has 40 heavy (non-hydrogen) atoms. The Balaban J connectivity index is 1.38. The summed E-state index contributed by atoms with van der Waals surface area (Å²) < 4.78 is 69.8. The van der Waals surface area contributed by atoms with Crippen molar-refractivity contribution in [2.24, 2.45) is 0 Å². The number of ether oxygens (including phenoxy) is 3. The van der Waals surface area contributed by atoms with Crippen LogP contribution < -0.4 is 24.8 Å². The van der Waals surface area contributed by atoms with Crippen LogP contribution >= 0.6 is 0 Å². The maximum atomic E-state index is 14.8. The minimum atomic E-state index is -4.48. The summed E-state index contributed by atoms with van der Waals surface area (Å²) in [4.78, 5) is 28.7. The highest BCUT2D eigenvalue weighted by atomic mass is 19.4. The number of halogens is 4. The van der Waals surface area contributed by atoms with Crippen LogP contribution in [0.3, 0.4) is 0 Å². The molecule has 12 heteroatoms. The van der Waals surface area contributed by atoms with Crippen LogP contribution in [0.1, 0.15) is 11.1 Å². The molecule has 3 aromatic carbocycles. The average Bonchev–Trinajstić information content (AvgIpc) is 2.93. The molecule has 0 spiro atoms. The molecule has 0 aliphatic carbocycles. The molecule has 0 unspecified atom stereocenters. The fourth-order valence-corrected chi connectivity index (χ4v) is 3.87. The lowest BCUT2D eigenvalue weighted by Gasteiger charge is -2.14. The molecule has 2 amide bonds. The van der Waals surface area contributed by atoms with Crippen molar-refractivity contribution in [3.05, 3.63) is 83.8 Å². The van der Waals surface area contributed by atoms with Crippen LogP contribution in [0.4, 0.5) is 23.2 Å². The smallest absolute Gasteiger partial charge is 0.416 e. The average molecular weight is 558 g/mol. The number of fused-ring (bicyclic) bond motifs is 1. The van der Waals surface area contributed by atoms with Gasteiger partial charge in [0.2, 0.25) is 0 Å². The van der Waals surface area contributed by atoms with Gasteiger partial charge in [0.05, 0.1) is 19.8 Å². The zero-order valence-electron chi connectivity index (χ0n) is 21.3. The number of benzene rings is 3. The quantitative estimate of drug-likeness (QED) is 0.219. The summed E-state index contributed by atoms with van der Waals surface area (Å²) in [5.41, 5.74) is -0.0232. The molecule has 0 atom stereocenters. The second-order valence-corrected chi connectivity index (χ2v) is 8.41. The number of pyridine rings is 1. The molecule has 4 aromatic rings. The molecule has 0 aliphatic heterocycles. The van der Waals surface area contributed by atoms with Crippen molar-refractivity contribution in [2.45, 2.75) is 12.6 Å². The Labute approximate surface area is 225 Å². The van der Waals surface area contributed by atoms with Gasteiger partial charge in [-0.25, -0.2) is 4.39 Å². The van der Waals surface area contributed by atoms with Crippen LogP contribution in [-0.4, -0.2) is 37.6 Å². The lowest BCUT2D eigenvalue weighted by atomic mass is 10.1. The molecule has 0 radical (unpaired) electrons. The van der Waals surface area contributed by atoms with Crippen molar-refractivity contribution in [2.75, 3.05) is 26.1 Å². The van der Waals surface area contributed by atoms with Crippen LogP contribution in [0.15, 0.2) is 66.9 Å². The number of nitrogens with zero attached hydrogens (tertiary/aromatic N) is 1. The fourth-order valence-electron chi connectivity index (χ4n) is 3.87. The zero-order valence-corrected chi connectivity index (χ0v) is 21.3. The van der Waals surface area contributed by atoms with Crippen LogP contribution in [0.25, 0.3) is 10.9 Å². The highest BCUT2D eigenvalue weighted by Gasteiger charge is 2.30. The molecule has 0 aliphatic rings. The van der Waals surface area contributed by atoms with Crippen LogP contribution in [0, 0.1) is 5.82 Å². The minimum Gasteiger partial charge on any atom is -0.493 e. The Bertz CT molecular complexity index is 1560. The summed E-state index contributed by atoms with van der Waals surface area (Å²) in [5, 5.41) is 5.14. The number of rotatable bonds is 8. The van der Waals surface area contributed by atoms with Gasteiger partial charge in [-0.1, -0.05) is 18.2 Å². The third-order valence-corrected chi connectivity index (χ3v) is 5.78. The zero-order chi connectivity index (χ0) is 28.9. The summed E-state index contributed by atoms with van der Waals surface area (Å²) in [6.45, 7) is -0.0781. The summed E-state index contributed by atoms with van der Waals surface area (Å²) in [5.74, 6) is -1.91. The van der Waals surface area contributed by atoms with Crippen molar-refractivity contribution in [1.29, 1.82) is 0 Å². The number of aromatic nitrogens is 1. The maximum absolute atomic E-state index is 14.8. The van der Waals surface area contributed by atoms with Crippen LogP contribution in [0.5, 0.6) is 23.0 Å². The van der Waals surface area contributed by atoms with E-state index in [4.69, 9.17) is 14.2 Å². The highest BCUT2D eigenvalue weighted by molar-refractivity contribution is 6.39. The van der Waals surface area contributed by atoms with Crippen LogP contribution in [0.2, 0.25) is 0 Å². The molecule has 0 saturated carbocycles. The van der Waals surface area contributed by atoms with E-state index < -0.39 is 29.4 Å². The third-order valence-electron chi connectivity index (χ3n) is 5.78. The first-order chi connectivity index (χ1) is 19.1. The first-order valence-electron chi connectivity index (χ1n) is 11.8. The molecule has 1 heterocycles. The first kappa shape index (κ1) is 28.1. The highest BCUT2D eigenvalue weighted by Crippen LogP contribution is 2.39. The van der Waals surface area contributed by atoms with Gasteiger partial charge < -0.3 is 24.8 Å². The molecule has 0 bridgehead atoms. The lowest BCUT2D eigenvalue weighted by molar-refractivity contribution is -0.137. The predicted octanol–water partition coefficient (Wildman–Crippen LogP) is 5.50. The third kappa shape index (κ3) is 6.40. The number of alkyl halides is 3. The fraction of sp³-hybridized carbons (Fsp3) is 0.179. The Hall–Kier alpha value is -4.87. The second-order valence-electron chi connectivity index (χ2n) is 8.41. The number of carbonyl (C=O) groups excluding carboxylic acids is 2. The van der Waals surface area contributed by atoms with E-state index >= 15 is 0 Å². The standard InChI is InChI=1S/C28H23F4N3O5/c1-38-23-9-7-19-21(11-13-33-24(19)25(23)39-2)40-22-8-6-18(15-20(22)29)35-27(37)26(36)34-12-10-16-4-3-5-17(14-16)28(30,31)32/h3-9,11,13-15H,10,12H2,1-2H3,(H,34,36)(H,35,37). The van der Waals surface area contributed by atoms with Crippen molar-refractivity contribution in [3.63, 3.8) is 0 Å². The molecule has 2 N–H and O–H groups in total. The second kappa shape index (κ2) is 11.9. The summed E-state index contributed by atoms with van der Waals surface area (Å²) in [6, 6.07) is 13.2. The Morgan fingerprint density at radius 3 is 2.38 bits per heavy atom. The predicted molar refractivity (Wildman–Crippen MR) is 138 cm³/mol. The van der Waals surface area contributed by atoms with E-state index in [9.17, 15) is 27.2 Å². The summed E-state index contributed by atoms with van der Waals surface area (Å²) >= 11 is 0. The first-order valence-corrected chi connectivity index (χ1v) is 11.8. The SMILES string of the molecule is COc1ccc2c(Oc3ccc(NC(=O)C(=O)NCCc4cccc(C(F)(F)F)c4)cc3F)ccnc2c1OC. The molecule has 0 fully saturated rings. The summed E-state index contributed by atoms with van der Waals surface area (Å²) in [6.07, 6.45) is -2.94. The molecule has 0 saturated heterocycles. The number of amides is 2.